The monoisotopic (exact) mass is 345 g/mol. The minimum atomic E-state index is -0.733. The number of halogens is 3. The Morgan fingerprint density at radius 2 is 1.75 bits per heavy atom. The Kier molecular flexibility index (Phi) is 5.13. The third-order valence-electron chi connectivity index (χ3n) is 3.95. The number of benzene rings is 1. The minimum Gasteiger partial charge on any atom is -0.351 e. The molecule has 20 heavy (non-hydrogen) atoms. The lowest BCUT2D eigenvalue weighted by atomic mass is 9.75. The highest BCUT2D eigenvalue weighted by Crippen LogP contribution is 2.37. The number of hydrogen-bond acceptors (Lipinski definition) is 1. The third kappa shape index (κ3) is 3.78. The van der Waals surface area contributed by atoms with Crippen molar-refractivity contribution < 1.29 is 13.6 Å². The molecule has 5 heteroatoms. The van der Waals surface area contributed by atoms with Crippen LogP contribution in [0.5, 0.6) is 0 Å². The van der Waals surface area contributed by atoms with Crippen LogP contribution in [0.15, 0.2) is 18.2 Å². The summed E-state index contributed by atoms with van der Waals surface area (Å²) in [4.78, 5) is 12.0. The number of carbonyl (C=O) groups excluding carboxylic acids is 1. The van der Waals surface area contributed by atoms with Crippen LogP contribution in [0.2, 0.25) is 0 Å². The van der Waals surface area contributed by atoms with E-state index >= 15 is 0 Å². The zero-order chi connectivity index (χ0) is 14.6. The van der Waals surface area contributed by atoms with Gasteiger partial charge in [-0.2, -0.15) is 0 Å². The van der Waals surface area contributed by atoms with Gasteiger partial charge < -0.3 is 5.32 Å². The van der Waals surface area contributed by atoms with Crippen molar-refractivity contribution in [2.75, 3.05) is 11.9 Å². The van der Waals surface area contributed by atoms with Crippen molar-refractivity contribution in [2.24, 2.45) is 5.41 Å². The van der Waals surface area contributed by atoms with E-state index in [4.69, 9.17) is 0 Å². The van der Waals surface area contributed by atoms with Gasteiger partial charge >= 0.3 is 0 Å². The van der Waals surface area contributed by atoms with Gasteiger partial charge in [-0.1, -0.05) is 35.2 Å². The average Bonchev–Trinajstić information content (AvgIpc) is 2.45. The Labute approximate surface area is 126 Å². The van der Waals surface area contributed by atoms with Crippen LogP contribution >= 0.6 is 15.9 Å². The van der Waals surface area contributed by atoms with Crippen LogP contribution in [0.4, 0.5) is 8.78 Å². The SMILES string of the molecule is O=C(NCC1(CBr)CCCCC1)c1cc(F)cc(F)c1. The maximum Gasteiger partial charge on any atom is 0.251 e. The number of nitrogens with one attached hydrogen (secondary N) is 1. The van der Waals surface area contributed by atoms with Crippen LogP contribution in [0.1, 0.15) is 42.5 Å². The van der Waals surface area contributed by atoms with Gasteiger partial charge in [0.25, 0.3) is 5.91 Å². The van der Waals surface area contributed by atoms with E-state index in [9.17, 15) is 13.6 Å². The van der Waals surface area contributed by atoms with Gasteiger partial charge in [0.1, 0.15) is 11.6 Å². The van der Waals surface area contributed by atoms with Crippen molar-refractivity contribution in [3.63, 3.8) is 0 Å². The topological polar surface area (TPSA) is 29.1 Å². The van der Waals surface area contributed by atoms with Gasteiger partial charge in [0, 0.05) is 23.5 Å². The largest absolute Gasteiger partial charge is 0.351 e. The van der Waals surface area contributed by atoms with Crippen molar-refractivity contribution >= 4 is 21.8 Å². The maximum absolute atomic E-state index is 13.1. The summed E-state index contributed by atoms with van der Waals surface area (Å²) in [6.45, 7) is 0.537. The molecule has 2 rings (SSSR count). The second-order valence-electron chi connectivity index (χ2n) is 5.54. The summed E-state index contributed by atoms with van der Waals surface area (Å²) >= 11 is 3.53. The molecule has 0 spiro atoms. The fourth-order valence-corrected chi connectivity index (χ4v) is 3.47. The first-order chi connectivity index (χ1) is 9.54. The van der Waals surface area contributed by atoms with Crippen molar-refractivity contribution in [3.05, 3.63) is 35.4 Å². The number of rotatable bonds is 4. The zero-order valence-electron chi connectivity index (χ0n) is 11.2. The first kappa shape index (κ1) is 15.4. The normalized spacial score (nSPS) is 17.8. The number of hydrogen-bond donors (Lipinski definition) is 1. The summed E-state index contributed by atoms with van der Waals surface area (Å²) in [6.07, 6.45) is 5.69. The molecule has 1 amide bonds. The predicted octanol–water partition coefficient (Wildman–Crippen LogP) is 4.04. The summed E-state index contributed by atoms with van der Waals surface area (Å²) in [7, 11) is 0. The number of alkyl halides is 1. The maximum atomic E-state index is 13.1. The molecular formula is C15H18BrF2NO. The molecule has 1 saturated carbocycles. The van der Waals surface area contributed by atoms with Gasteiger partial charge in [0.05, 0.1) is 0 Å². The van der Waals surface area contributed by atoms with E-state index in [0.717, 1.165) is 49.2 Å². The van der Waals surface area contributed by atoms with Crippen LogP contribution in [-0.4, -0.2) is 17.8 Å². The van der Waals surface area contributed by atoms with Crippen LogP contribution < -0.4 is 5.32 Å². The molecule has 0 radical (unpaired) electrons. The Balaban J connectivity index is 2.00. The van der Waals surface area contributed by atoms with E-state index in [0.29, 0.717) is 6.54 Å². The first-order valence-corrected chi connectivity index (χ1v) is 7.97. The molecule has 1 aromatic carbocycles. The van der Waals surface area contributed by atoms with Crippen molar-refractivity contribution in [3.8, 4) is 0 Å². The molecule has 0 saturated heterocycles. The Bertz CT molecular complexity index is 467. The lowest BCUT2D eigenvalue weighted by Crippen LogP contribution is -2.40. The van der Waals surface area contributed by atoms with Gasteiger partial charge in [0.2, 0.25) is 0 Å². The minimum absolute atomic E-state index is 0.0306. The second kappa shape index (κ2) is 6.66. The summed E-state index contributed by atoms with van der Waals surface area (Å²) in [5, 5.41) is 3.64. The molecule has 1 N–H and O–H groups in total. The summed E-state index contributed by atoms with van der Waals surface area (Å²) < 4.78 is 26.2. The standard InChI is InChI=1S/C15H18BrF2NO/c16-9-15(4-2-1-3-5-15)10-19-14(20)11-6-12(17)8-13(18)7-11/h6-8H,1-5,9-10H2,(H,19,20). The van der Waals surface area contributed by atoms with Crippen LogP contribution in [0, 0.1) is 17.0 Å². The van der Waals surface area contributed by atoms with E-state index in [1.807, 2.05) is 0 Å². The van der Waals surface area contributed by atoms with Crippen molar-refractivity contribution in [1.82, 2.24) is 5.32 Å². The summed E-state index contributed by atoms with van der Waals surface area (Å²) in [6, 6.07) is 2.87. The second-order valence-corrected chi connectivity index (χ2v) is 6.10. The highest BCUT2D eigenvalue weighted by molar-refractivity contribution is 9.09. The Morgan fingerprint density at radius 1 is 1.15 bits per heavy atom. The fraction of sp³-hybridized carbons (Fsp3) is 0.533. The summed E-state index contributed by atoms with van der Waals surface area (Å²) in [5.41, 5.74) is 0.0998. The predicted molar refractivity (Wildman–Crippen MR) is 78.0 cm³/mol. The lowest BCUT2D eigenvalue weighted by molar-refractivity contribution is 0.0921. The molecule has 0 atom stereocenters. The first-order valence-electron chi connectivity index (χ1n) is 6.85. The van der Waals surface area contributed by atoms with Crippen LogP contribution in [0.25, 0.3) is 0 Å². The van der Waals surface area contributed by atoms with E-state index in [2.05, 4.69) is 21.2 Å². The highest BCUT2D eigenvalue weighted by Gasteiger charge is 2.31. The molecule has 0 heterocycles. The summed E-state index contributed by atoms with van der Waals surface area (Å²) in [5.74, 6) is -1.89. The van der Waals surface area contributed by atoms with E-state index < -0.39 is 17.5 Å². The van der Waals surface area contributed by atoms with E-state index in [1.165, 1.54) is 6.42 Å². The van der Waals surface area contributed by atoms with Crippen LogP contribution in [-0.2, 0) is 0 Å². The molecule has 110 valence electrons. The molecule has 0 bridgehead atoms. The van der Waals surface area contributed by atoms with Gasteiger partial charge in [0.15, 0.2) is 0 Å². The third-order valence-corrected chi connectivity index (χ3v) is 5.14. The quantitative estimate of drug-likeness (QED) is 0.819. The average molecular weight is 346 g/mol. The molecular weight excluding hydrogens is 328 g/mol. The molecule has 0 aliphatic heterocycles. The smallest absolute Gasteiger partial charge is 0.251 e. The fourth-order valence-electron chi connectivity index (χ4n) is 2.71. The van der Waals surface area contributed by atoms with E-state index in [-0.39, 0.29) is 11.0 Å². The molecule has 1 aliphatic carbocycles. The molecule has 2 nitrogen and oxygen atoms in total. The molecule has 1 aromatic rings. The Hall–Kier alpha value is -0.970. The number of amides is 1. The van der Waals surface area contributed by atoms with Gasteiger partial charge in [-0.05, 0) is 30.4 Å². The van der Waals surface area contributed by atoms with Crippen molar-refractivity contribution in [1.29, 1.82) is 0 Å². The highest BCUT2D eigenvalue weighted by atomic mass is 79.9. The number of carbonyl (C=O) groups is 1. The van der Waals surface area contributed by atoms with Gasteiger partial charge in [-0.25, -0.2) is 8.78 Å². The molecule has 1 aliphatic rings. The van der Waals surface area contributed by atoms with Crippen molar-refractivity contribution in [2.45, 2.75) is 32.1 Å². The zero-order valence-corrected chi connectivity index (χ0v) is 12.8. The van der Waals surface area contributed by atoms with Crippen LogP contribution in [0.3, 0.4) is 0 Å². The Morgan fingerprint density at radius 3 is 2.30 bits per heavy atom. The van der Waals surface area contributed by atoms with Gasteiger partial charge in [-0.15, -0.1) is 0 Å². The van der Waals surface area contributed by atoms with E-state index in [1.54, 1.807) is 0 Å². The molecule has 0 unspecified atom stereocenters. The molecule has 0 aromatic heterocycles. The lowest BCUT2D eigenvalue weighted by Gasteiger charge is -2.35. The molecule has 1 fully saturated rings. The van der Waals surface area contributed by atoms with Gasteiger partial charge in [-0.3, -0.25) is 4.79 Å².